The van der Waals surface area contributed by atoms with Crippen LogP contribution in [0, 0.1) is 0 Å². The Morgan fingerprint density at radius 1 is 1.20 bits per heavy atom. The molecule has 10 heteroatoms. The molecule has 2 atom stereocenters. The highest BCUT2D eigenvalue weighted by molar-refractivity contribution is 7.18. The molecule has 4 heterocycles. The maximum Gasteiger partial charge on any atom is 0.410 e. The van der Waals surface area contributed by atoms with Crippen molar-refractivity contribution >= 4 is 33.5 Å². The molecule has 0 aromatic carbocycles. The Kier molecular flexibility index (Phi) is 5.32. The summed E-state index contributed by atoms with van der Waals surface area (Å²) in [5.74, 6) is 0.656. The quantitative estimate of drug-likeness (QED) is 0.670. The van der Waals surface area contributed by atoms with Crippen molar-refractivity contribution < 1.29 is 22.7 Å². The van der Waals surface area contributed by atoms with Crippen molar-refractivity contribution in [1.29, 1.82) is 0 Å². The summed E-state index contributed by atoms with van der Waals surface area (Å²) in [5, 5.41) is 0.650. The van der Waals surface area contributed by atoms with Gasteiger partial charge in [0.15, 0.2) is 0 Å². The first-order valence-electron chi connectivity index (χ1n) is 10.1. The Hall–Kier alpha value is -2.10. The maximum atomic E-state index is 12.8. The molecule has 0 aliphatic carbocycles. The third kappa shape index (κ3) is 4.33. The number of thiophene rings is 1. The van der Waals surface area contributed by atoms with Crippen LogP contribution in [0.25, 0.3) is 10.2 Å². The molecule has 2 aromatic heterocycles. The zero-order valence-electron chi connectivity index (χ0n) is 17.2. The van der Waals surface area contributed by atoms with Crippen molar-refractivity contribution in [3.8, 4) is 0 Å². The number of carbonyl (C=O) groups is 1. The zero-order valence-corrected chi connectivity index (χ0v) is 18.0. The smallest absolute Gasteiger partial charge is 0.410 e. The number of rotatable bonds is 2. The highest BCUT2D eigenvalue weighted by Crippen LogP contribution is 2.39. The lowest BCUT2D eigenvalue weighted by atomic mass is 9.97. The average molecular weight is 443 g/mol. The Morgan fingerprint density at radius 3 is 2.67 bits per heavy atom. The normalized spacial score (nSPS) is 22.5. The minimum Gasteiger partial charge on any atom is -0.444 e. The van der Waals surface area contributed by atoms with Gasteiger partial charge in [0, 0.05) is 18.0 Å². The van der Waals surface area contributed by atoms with Gasteiger partial charge in [0.25, 0.3) is 0 Å². The highest BCUT2D eigenvalue weighted by Gasteiger charge is 2.44. The van der Waals surface area contributed by atoms with Gasteiger partial charge in [-0.3, -0.25) is 0 Å². The number of carbonyl (C=O) groups excluding carboxylic acids is 1. The SMILES string of the molecule is CC(C)(C)OC(=O)N1CCCC2C1CCN2c1ncnc2sc(CC(F)(F)F)cc12. The van der Waals surface area contributed by atoms with Crippen LogP contribution < -0.4 is 4.90 Å². The molecule has 2 unspecified atom stereocenters. The molecule has 164 valence electrons. The first-order chi connectivity index (χ1) is 14.0. The lowest BCUT2D eigenvalue weighted by Gasteiger charge is -2.40. The Labute approximate surface area is 177 Å². The van der Waals surface area contributed by atoms with E-state index in [2.05, 4.69) is 14.9 Å². The van der Waals surface area contributed by atoms with Crippen LogP contribution >= 0.6 is 11.3 Å². The number of fused-ring (bicyclic) bond motifs is 2. The number of aromatic nitrogens is 2. The highest BCUT2D eigenvalue weighted by atomic mass is 32.1. The lowest BCUT2D eigenvalue weighted by molar-refractivity contribution is -0.126. The van der Waals surface area contributed by atoms with Gasteiger partial charge in [-0.15, -0.1) is 11.3 Å². The standard InChI is InChI=1S/C20H25F3N4O2S/c1-19(2,3)29-18(28)27-7-4-5-14-15(27)6-8-26(14)16-13-9-12(10-20(21,22)23)30-17(13)25-11-24-16/h9,11,14-15H,4-8,10H2,1-3H3. The second-order valence-electron chi connectivity index (χ2n) is 8.85. The Morgan fingerprint density at radius 2 is 1.97 bits per heavy atom. The second kappa shape index (κ2) is 7.55. The molecule has 30 heavy (non-hydrogen) atoms. The van der Waals surface area contributed by atoms with Gasteiger partial charge in [0.2, 0.25) is 0 Å². The topological polar surface area (TPSA) is 58.6 Å². The van der Waals surface area contributed by atoms with E-state index in [1.165, 1.54) is 6.33 Å². The van der Waals surface area contributed by atoms with E-state index in [4.69, 9.17) is 4.74 Å². The Bertz CT molecular complexity index is 940. The molecule has 2 aromatic rings. The van der Waals surface area contributed by atoms with Crippen LogP contribution in [0.4, 0.5) is 23.8 Å². The summed E-state index contributed by atoms with van der Waals surface area (Å²) in [4.78, 5) is 26.0. The first kappa shape index (κ1) is 21.1. The van der Waals surface area contributed by atoms with E-state index in [0.29, 0.717) is 29.1 Å². The molecule has 6 nitrogen and oxygen atoms in total. The fraction of sp³-hybridized carbons (Fsp3) is 0.650. The van der Waals surface area contributed by atoms with Gasteiger partial charge >= 0.3 is 12.3 Å². The summed E-state index contributed by atoms with van der Waals surface area (Å²) >= 11 is 1.06. The van der Waals surface area contributed by atoms with E-state index in [1.807, 2.05) is 20.8 Å². The van der Waals surface area contributed by atoms with E-state index in [0.717, 1.165) is 30.6 Å². The third-order valence-electron chi connectivity index (χ3n) is 5.44. The fourth-order valence-electron chi connectivity index (χ4n) is 4.40. The van der Waals surface area contributed by atoms with Crippen LogP contribution in [0.2, 0.25) is 0 Å². The van der Waals surface area contributed by atoms with Gasteiger partial charge < -0.3 is 14.5 Å². The van der Waals surface area contributed by atoms with E-state index >= 15 is 0 Å². The summed E-state index contributed by atoms with van der Waals surface area (Å²) < 4.78 is 44.1. The van der Waals surface area contributed by atoms with Gasteiger partial charge in [-0.2, -0.15) is 13.2 Å². The Balaban J connectivity index is 1.60. The molecule has 1 amide bonds. The van der Waals surface area contributed by atoms with Gasteiger partial charge in [0.1, 0.15) is 22.6 Å². The number of amides is 1. The van der Waals surface area contributed by atoms with Crippen LogP contribution in [0.5, 0.6) is 0 Å². The first-order valence-corrected chi connectivity index (χ1v) is 10.9. The number of piperidine rings is 1. The number of anilines is 1. The number of nitrogens with zero attached hydrogens (tertiary/aromatic N) is 4. The predicted molar refractivity (Wildman–Crippen MR) is 109 cm³/mol. The number of hydrogen-bond donors (Lipinski definition) is 0. The van der Waals surface area contributed by atoms with Crippen molar-refractivity contribution in [2.24, 2.45) is 0 Å². The van der Waals surface area contributed by atoms with Crippen LogP contribution in [0.1, 0.15) is 44.9 Å². The van der Waals surface area contributed by atoms with Crippen molar-refractivity contribution in [2.45, 2.75) is 70.3 Å². The second-order valence-corrected chi connectivity index (χ2v) is 9.97. The summed E-state index contributed by atoms with van der Waals surface area (Å²) in [5.41, 5.74) is -0.563. The van der Waals surface area contributed by atoms with Gasteiger partial charge in [-0.05, 0) is 46.1 Å². The predicted octanol–water partition coefficient (Wildman–Crippen LogP) is 4.77. The minimum absolute atomic E-state index is 0.00639. The maximum absolute atomic E-state index is 12.8. The molecule has 0 saturated carbocycles. The van der Waals surface area contributed by atoms with E-state index in [9.17, 15) is 18.0 Å². The largest absolute Gasteiger partial charge is 0.444 e. The third-order valence-corrected chi connectivity index (χ3v) is 6.49. The number of alkyl halides is 3. The number of ether oxygens (including phenoxy) is 1. The van der Waals surface area contributed by atoms with Crippen molar-refractivity contribution in [1.82, 2.24) is 14.9 Å². The van der Waals surface area contributed by atoms with Crippen LogP contribution in [-0.4, -0.2) is 57.9 Å². The molecule has 4 rings (SSSR count). The number of hydrogen-bond acceptors (Lipinski definition) is 6. The molecule has 0 spiro atoms. The molecule has 2 fully saturated rings. The van der Waals surface area contributed by atoms with Crippen molar-refractivity contribution in [3.05, 3.63) is 17.3 Å². The molecular weight excluding hydrogens is 417 g/mol. The van der Waals surface area contributed by atoms with Gasteiger partial charge in [-0.1, -0.05) is 0 Å². The summed E-state index contributed by atoms with van der Waals surface area (Å²) in [6.45, 7) is 6.88. The fourth-order valence-corrected chi connectivity index (χ4v) is 5.42. The summed E-state index contributed by atoms with van der Waals surface area (Å²) in [7, 11) is 0. The molecular formula is C20H25F3N4O2S. The monoisotopic (exact) mass is 442 g/mol. The molecule has 0 N–H and O–H groups in total. The van der Waals surface area contributed by atoms with Crippen molar-refractivity contribution in [2.75, 3.05) is 18.0 Å². The van der Waals surface area contributed by atoms with Crippen LogP contribution in [0.3, 0.4) is 0 Å². The average Bonchev–Trinajstić information content (AvgIpc) is 3.21. The number of likely N-dealkylation sites (tertiary alicyclic amines) is 1. The molecule has 2 aliphatic rings. The molecule has 0 bridgehead atoms. The molecule has 2 aliphatic heterocycles. The van der Waals surface area contributed by atoms with Crippen molar-refractivity contribution in [3.63, 3.8) is 0 Å². The molecule has 0 radical (unpaired) electrons. The van der Waals surface area contributed by atoms with Crippen LogP contribution in [0.15, 0.2) is 12.4 Å². The van der Waals surface area contributed by atoms with E-state index in [-0.39, 0.29) is 23.1 Å². The van der Waals surface area contributed by atoms with Crippen LogP contribution in [-0.2, 0) is 11.2 Å². The minimum atomic E-state index is -4.26. The number of halogens is 3. The van der Waals surface area contributed by atoms with Gasteiger partial charge in [0.05, 0.1) is 23.9 Å². The lowest BCUT2D eigenvalue weighted by Crippen LogP contribution is -2.53. The summed E-state index contributed by atoms with van der Waals surface area (Å²) in [6.07, 6.45) is -1.61. The van der Waals surface area contributed by atoms with E-state index in [1.54, 1.807) is 11.0 Å². The summed E-state index contributed by atoms with van der Waals surface area (Å²) in [6, 6.07) is 1.63. The molecule has 2 saturated heterocycles. The van der Waals surface area contributed by atoms with E-state index < -0.39 is 18.2 Å². The van der Waals surface area contributed by atoms with Gasteiger partial charge in [-0.25, -0.2) is 14.8 Å². The zero-order chi connectivity index (χ0) is 21.7.